The smallest absolute Gasteiger partial charge is 0.306 e. The van der Waals surface area contributed by atoms with Crippen molar-refractivity contribution in [1.82, 2.24) is 0 Å². The standard InChI is InChI=1S/C52H100O6/c1-46(2)38-32-26-20-17-15-13-11-9-7-8-10-12-14-16-18-22-31-37-43-52(55)58-49(45-57-51(54)42-36-30-25-24-28-34-40-48(5)6)44-56-50(53)41-35-29-23-19-21-27-33-39-47(3)4/h46-49H,7-45H2,1-6H3/t49-/m0/s1. The third-order valence-electron chi connectivity index (χ3n) is 11.6. The molecule has 0 amide bonds. The number of rotatable bonds is 45. The van der Waals surface area contributed by atoms with Crippen LogP contribution in [0.4, 0.5) is 0 Å². The third kappa shape index (κ3) is 45.5. The summed E-state index contributed by atoms with van der Waals surface area (Å²) in [5.74, 6) is 1.54. The van der Waals surface area contributed by atoms with E-state index in [1.54, 1.807) is 0 Å². The molecule has 0 radical (unpaired) electrons. The maximum absolute atomic E-state index is 12.8. The summed E-state index contributed by atoms with van der Waals surface area (Å²) in [6.45, 7) is 13.6. The Balaban J connectivity index is 4.19. The second-order valence-corrected chi connectivity index (χ2v) is 19.2. The molecule has 0 heterocycles. The first-order chi connectivity index (χ1) is 28.1. The first-order valence-corrected chi connectivity index (χ1v) is 25.6. The second-order valence-electron chi connectivity index (χ2n) is 19.2. The van der Waals surface area contributed by atoms with E-state index >= 15 is 0 Å². The van der Waals surface area contributed by atoms with Crippen molar-refractivity contribution in [2.45, 2.75) is 285 Å². The number of carbonyl (C=O) groups excluding carboxylic acids is 3. The van der Waals surface area contributed by atoms with Gasteiger partial charge in [0.15, 0.2) is 6.10 Å². The molecule has 0 spiro atoms. The van der Waals surface area contributed by atoms with E-state index < -0.39 is 6.10 Å². The van der Waals surface area contributed by atoms with E-state index in [0.29, 0.717) is 19.3 Å². The highest BCUT2D eigenvalue weighted by atomic mass is 16.6. The molecule has 0 aliphatic rings. The Kier molecular flexibility index (Phi) is 42.3. The number of ether oxygens (including phenoxy) is 3. The van der Waals surface area contributed by atoms with Crippen molar-refractivity contribution in [3.05, 3.63) is 0 Å². The molecule has 1 atom stereocenters. The molecule has 0 aromatic carbocycles. The predicted molar refractivity (Wildman–Crippen MR) is 247 cm³/mol. The van der Waals surface area contributed by atoms with Crippen LogP contribution in [-0.2, 0) is 28.6 Å². The van der Waals surface area contributed by atoms with Crippen molar-refractivity contribution >= 4 is 17.9 Å². The molecule has 344 valence electrons. The molecule has 0 saturated heterocycles. The van der Waals surface area contributed by atoms with Crippen molar-refractivity contribution in [3.63, 3.8) is 0 Å². The van der Waals surface area contributed by atoms with Crippen LogP contribution in [0.2, 0.25) is 0 Å². The summed E-state index contributed by atoms with van der Waals surface area (Å²) < 4.78 is 16.7. The lowest BCUT2D eigenvalue weighted by molar-refractivity contribution is -0.167. The largest absolute Gasteiger partial charge is 0.462 e. The fourth-order valence-electron chi connectivity index (χ4n) is 7.76. The zero-order valence-electron chi connectivity index (χ0n) is 39.8. The van der Waals surface area contributed by atoms with Crippen LogP contribution >= 0.6 is 0 Å². The van der Waals surface area contributed by atoms with Gasteiger partial charge in [-0.2, -0.15) is 0 Å². The number of unbranched alkanes of at least 4 members (excludes halogenated alkanes) is 28. The van der Waals surface area contributed by atoms with E-state index in [2.05, 4.69) is 41.5 Å². The summed E-state index contributed by atoms with van der Waals surface area (Å²) in [5, 5.41) is 0. The van der Waals surface area contributed by atoms with Gasteiger partial charge in [-0.05, 0) is 37.0 Å². The Morgan fingerprint density at radius 3 is 0.741 bits per heavy atom. The first kappa shape index (κ1) is 56.4. The minimum Gasteiger partial charge on any atom is -0.462 e. The SMILES string of the molecule is CC(C)CCCCCCCCCCCCCCCCCCCCC(=O)O[C@@H](COC(=O)CCCCCCCCCC(C)C)COC(=O)CCCCCCCCC(C)C. The molecule has 0 N–H and O–H groups in total. The van der Waals surface area contributed by atoms with Crippen LogP contribution in [0.3, 0.4) is 0 Å². The lowest BCUT2D eigenvalue weighted by atomic mass is 10.0. The van der Waals surface area contributed by atoms with Crippen LogP contribution in [0.15, 0.2) is 0 Å². The molecule has 0 aliphatic carbocycles. The van der Waals surface area contributed by atoms with Crippen molar-refractivity contribution < 1.29 is 28.6 Å². The average molecular weight is 821 g/mol. The van der Waals surface area contributed by atoms with E-state index in [1.165, 1.54) is 161 Å². The van der Waals surface area contributed by atoms with E-state index in [4.69, 9.17) is 14.2 Å². The highest BCUT2D eigenvalue weighted by molar-refractivity contribution is 5.71. The minimum atomic E-state index is -0.763. The Labute approximate surface area is 361 Å². The van der Waals surface area contributed by atoms with Gasteiger partial charge in [0.05, 0.1) is 0 Å². The van der Waals surface area contributed by atoms with Gasteiger partial charge in [0.1, 0.15) is 13.2 Å². The highest BCUT2D eigenvalue weighted by Crippen LogP contribution is 2.17. The topological polar surface area (TPSA) is 78.9 Å². The summed E-state index contributed by atoms with van der Waals surface area (Å²) in [4.78, 5) is 37.8. The van der Waals surface area contributed by atoms with Crippen molar-refractivity contribution in [2.24, 2.45) is 17.8 Å². The van der Waals surface area contributed by atoms with Gasteiger partial charge in [0.25, 0.3) is 0 Å². The Morgan fingerprint density at radius 1 is 0.293 bits per heavy atom. The van der Waals surface area contributed by atoms with Crippen LogP contribution in [-0.4, -0.2) is 37.2 Å². The molecule has 0 unspecified atom stereocenters. The van der Waals surface area contributed by atoms with Gasteiger partial charge in [0, 0.05) is 19.3 Å². The normalized spacial score (nSPS) is 12.2. The molecule has 0 fully saturated rings. The van der Waals surface area contributed by atoms with Crippen LogP contribution in [0.5, 0.6) is 0 Å². The molecule has 0 bridgehead atoms. The van der Waals surface area contributed by atoms with Gasteiger partial charge < -0.3 is 14.2 Å². The molecule has 6 nitrogen and oxygen atoms in total. The van der Waals surface area contributed by atoms with Gasteiger partial charge in [-0.3, -0.25) is 14.4 Å². The zero-order chi connectivity index (χ0) is 42.7. The maximum Gasteiger partial charge on any atom is 0.306 e. The highest BCUT2D eigenvalue weighted by Gasteiger charge is 2.19. The van der Waals surface area contributed by atoms with E-state index in [-0.39, 0.29) is 31.1 Å². The molecule has 0 saturated carbocycles. The molecule has 0 aliphatic heterocycles. The van der Waals surface area contributed by atoms with Crippen molar-refractivity contribution in [1.29, 1.82) is 0 Å². The molecular formula is C52H100O6. The van der Waals surface area contributed by atoms with Crippen LogP contribution in [0.25, 0.3) is 0 Å². The minimum absolute atomic E-state index is 0.0666. The molecule has 0 rings (SSSR count). The predicted octanol–water partition coefficient (Wildman–Crippen LogP) is 16.4. The van der Waals surface area contributed by atoms with Gasteiger partial charge in [-0.1, -0.05) is 241 Å². The molecule has 58 heavy (non-hydrogen) atoms. The van der Waals surface area contributed by atoms with E-state index in [9.17, 15) is 14.4 Å². The lowest BCUT2D eigenvalue weighted by Gasteiger charge is -2.18. The second kappa shape index (κ2) is 43.5. The molecule has 0 aromatic heterocycles. The van der Waals surface area contributed by atoms with Crippen molar-refractivity contribution in [3.8, 4) is 0 Å². The summed E-state index contributed by atoms with van der Waals surface area (Å²) in [6, 6.07) is 0. The van der Waals surface area contributed by atoms with E-state index in [1.807, 2.05) is 0 Å². The number of carbonyl (C=O) groups is 3. The Morgan fingerprint density at radius 2 is 0.500 bits per heavy atom. The molecule has 6 heteroatoms. The van der Waals surface area contributed by atoms with Gasteiger partial charge in [-0.25, -0.2) is 0 Å². The van der Waals surface area contributed by atoms with Crippen molar-refractivity contribution in [2.75, 3.05) is 13.2 Å². The van der Waals surface area contributed by atoms with Gasteiger partial charge in [0.2, 0.25) is 0 Å². The summed E-state index contributed by atoms with van der Waals surface area (Å²) in [6.07, 6.45) is 42.7. The average Bonchev–Trinajstić information content (AvgIpc) is 3.18. The Bertz CT molecular complexity index is 898. The van der Waals surface area contributed by atoms with Gasteiger partial charge in [-0.15, -0.1) is 0 Å². The van der Waals surface area contributed by atoms with Crippen LogP contribution in [0.1, 0.15) is 279 Å². The fraction of sp³-hybridized carbons (Fsp3) is 0.942. The van der Waals surface area contributed by atoms with E-state index in [0.717, 1.165) is 75.5 Å². The monoisotopic (exact) mass is 821 g/mol. The molecule has 0 aromatic rings. The van der Waals surface area contributed by atoms with Crippen LogP contribution in [0, 0.1) is 17.8 Å². The van der Waals surface area contributed by atoms with Crippen LogP contribution < -0.4 is 0 Å². The fourth-order valence-corrected chi connectivity index (χ4v) is 7.76. The summed E-state index contributed by atoms with van der Waals surface area (Å²) in [5.41, 5.74) is 0. The maximum atomic E-state index is 12.8. The zero-order valence-corrected chi connectivity index (χ0v) is 39.8. The van der Waals surface area contributed by atoms with Gasteiger partial charge >= 0.3 is 17.9 Å². The quantitative estimate of drug-likeness (QED) is 0.0346. The first-order valence-electron chi connectivity index (χ1n) is 25.6. The number of hydrogen-bond donors (Lipinski definition) is 0. The molecular weight excluding hydrogens is 721 g/mol. The third-order valence-corrected chi connectivity index (χ3v) is 11.6. The summed E-state index contributed by atoms with van der Waals surface area (Å²) >= 11 is 0. The summed E-state index contributed by atoms with van der Waals surface area (Å²) in [7, 11) is 0. The number of esters is 3. The number of hydrogen-bond acceptors (Lipinski definition) is 6. The lowest BCUT2D eigenvalue weighted by Crippen LogP contribution is -2.30. The Hall–Kier alpha value is -1.59.